The fraction of sp³-hybridized carbons (Fsp3) is 0.300. The average Bonchev–Trinajstić information content (AvgIpc) is 2.09. The van der Waals surface area contributed by atoms with Gasteiger partial charge in [0.25, 0.3) is 0 Å². The lowest BCUT2D eigenvalue weighted by Crippen LogP contribution is -2.16. The highest BCUT2D eigenvalue weighted by atomic mass is 19.1. The Labute approximate surface area is 76.8 Å². The molecule has 0 atom stereocenters. The third-order valence-electron chi connectivity index (χ3n) is 1.97. The first-order valence-corrected chi connectivity index (χ1v) is 3.94. The molecule has 2 nitrogen and oxygen atoms in total. The minimum Gasteiger partial charge on any atom is -0.398 e. The number of nitriles is 1. The third-order valence-corrected chi connectivity index (χ3v) is 1.97. The van der Waals surface area contributed by atoms with Gasteiger partial charge in [0.05, 0.1) is 11.5 Å². The highest BCUT2D eigenvalue weighted by Gasteiger charge is 2.22. The van der Waals surface area contributed by atoms with Gasteiger partial charge in [-0.2, -0.15) is 5.26 Å². The van der Waals surface area contributed by atoms with E-state index in [4.69, 9.17) is 11.0 Å². The highest BCUT2D eigenvalue weighted by molar-refractivity contribution is 5.52. The van der Waals surface area contributed by atoms with Crippen LogP contribution in [0.15, 0.2) is 18.2 Å². The molecule has 0 saturated heterocycles. The zero-order valence-electron chi connectivity index (χ0n) is 7.63. The van der Waals surface area contributed by atoms with Crippen LogP contribution in [0.4, 0.5) is 10.1 Å². The summed E-state index contributed by atoms with van der Waals surface area (Å²) in [6.07, 6.45) is 0. The van der Waals surface area contributed by atoms with Gasteiger partial charge in [-0.3, -0.25) is 0 Å². The van der Waals surface area contributed by atoms with Gasteiger partial charge in [-0.15, -0.1) is 0 Å². The lowest BCUT2D eigenvalue weighted by Gasteiger charge is -2.17. The largest absolute Gasteiger partial charge is 0.398 e. The molecule has 0 heterocycles. The number of hydrogen-bond donors (Lipinski definition) is 1. The lowest BCUT2D eigenvalue weighted by atomic mass is 9.85. The first kappa shape index (κ1) is 9.53. The topological polar surface area (TPSA) is 49.8 Å². The second kappa shape index (κ2) is 3.06. The Balaban J connectivity index is 3.30. The van der Waals surface area contributed by atoms with Crippen molar-refractivity contribution in [3.63, 3.8) is 0 Å². The fourth-order valence-corrected chi connectivity index (χ4v) is 1.13. The van der Waals surface area contributed by atoms with Gasteiger partial charge in [-0.1, -0.05) is 0 Å². The molecule has 1 aromatic carbocycles. The molecule has 2 N–H and O–H groups in total. The van der Waals surface area contributed by atoms with Gasteiger partial charge in [0.15, 0.2) is 0 Å². The first-order chi connectivity index (χ1) is 5.97. The molecule has 0 unspecified atom stereocenters. The van der Waals surface area contributed by atoms with Crippen molar-refractivity contribution in [1.29, 1.82) is 5.26 Å². The zero-order chi connectivity index (χ0) is 10.1. The number of benzene rings is 1. The van der Waals surface area contributed by atoms with Crippen molar-refractivity contribution in [2.75, 3.05) is 5.73 Å². The van der Waals surface area contributed by atoms with Crippen LogP contribution in [0.25, 0.3) is 0 Å². The average molecular weight is 178 g/mol. The Hall–Kier alpha value is -1.56. The van der Waals surface area contributed by atoms with Crippen molar-refractivity contribution >= 4 is 5.69 Å². The molecule has 0 aliphatic rings. The van der Waals surface area contributed by atoms with Crippen LogP contribution in [-0.4, -0.2) is 0 Å². The normalized spacial score (nSPS) is 10.9. The predicted octanol–water partition coefficient (Wildman–Crippen LogP) is 2.21. The molecular weight excluding hydrogens is 167 g/mol. The van der Waals surface area contributed by atoms with Crippen molar-refractivity contribution in [1.82, 2.24) is 0 Å². The number of anilines is 1. The molecule has 1 aromatic rings. The van der Waals surface area contributed by atoms with Crippen LogP contribution < -0.4 is 5.73 Å². The van der Waals surface area contributed by atoms with Crippen LogP contribution in [0.5, 0.6) is 0 Å². The molecule has 0 aliphatic heterocycles. The van der Waals surface area contributed by atoms with Crippen LogP contribution in [0.1, 0.15) is 19.4 Å². The summed E-state index contributed by atoms with van der Waals surface area (Å²) in [5.74, 6) is -0.368. The summed E-state index contributed by atoms with van der Waals surface area (Å²) >= 11 is 0. The van der Waals surface area contributed by atoms with E-state index in [2.05, 4.69) is 6.07 Å². The molecule has 0 saturated carbocycles. The van der Waals surface area contributed by atoms with E-state index in [9.17, 15) is 4.39 Å². The van der Waals surface area contributed by atoms with Crippen LogP contribution in [0, 0.1) is 17.1 Å². The summed E-state index contributed by atoms with van der Waals surface area (Å²) in [4.78, 5) is 0. The maximum absolute atomic E-state index is 12.8. The molecule has 3 heteroatoms. The first-order valence-electron chi connectivity index (χ1n) is 3.94. The summed E-state index contributed by atoms with van der Waals surface area (Å²) < 4.78 is 12.8. The maximum atomic E-state index is 12.8. The number of nitrogens with two attached hydrogens (primary N) is 1. The molecule has 68 valence electrons. The highest BCUT2D eigenvalue weighted by Crippen LogP contribution is 2.27. The molecule has 0 aromatic heterocycles. The number of nitrogens with zero attached hydrogens (tertiary/aromatic N) is 1. The van der Waals surface area contributed by atoms with Crippen LogP contribution in [0.3, 0.4) is 0 Å². The SMILES string of the molecule is CC(C)(C#N)c1cc(F)ccc1N. The van der Waals surface area contributed by atoms with Gasteiger partial charge in [-0.25, -0.2) is 4.39 Å². The van der Waals surface area contributed by atoms with E-state index in [1.54, 1.807) is 13.8 Å². The Morgan fingerprint density at radius 2 is 2.08 bits per heavy atom. The van der Waals surface area contributed by atoms with Gasteiger partial charge < -0.3 is 5.73 Å². The van der Waals surface area contributed by atoms with Crippen molar-refractivity contribution in [3.8, 4) is 6.07 Å². The van der Waals surface area contributed by atoms with E-state index >= 15 is 0 Å². The Kier molecular flexibility index (Phi) is 2.24. The molecule has 0 radical (unpaired) electrons. The Morgan fingerprint density at radius 1 is 1.46 bits per heavy atom. The predicted molar refractivity (Wildman–Crippen MR) is 49.5 cm³/mol. The van der Waals surface area contributed by atoms with Crippen molar-refractivity contribution in [2.24, 2.45) is 0 Å². The van der Waals surface area contributed by atoms with Gasteiger partial charge in [0, 0.05) is 5.69 Å². The second-order valence-corrected chi connectivity index (χ2v) is 3.47. The Morgan fingerprint density at radius 3 is 2.62 bits per heavy atom. The van der Waals surface area contributed by atoms with Crippen LogP contribution in [-0.2, 0) is 5.41 Å². The molecule has 0 aliphatic carbocycles. The summed E-state index contributed by atoms with van der Waals surface area (Å²) in [6.45, 7) is 3.41. The standard InChI is InChI=1S/C10H11FN2/c1-10(2,6-12)8-5-7(11)3-4-9(8)13/h3-5H,13H2,1-2H3. The monoisotopic (exact) mass is 178 g/mol. The smallest absolute Gasteiger partial charge is 0.123 e. The number of nitrogen functional groups attached to an aromatic ring is 1. The van der Waals surface area contributed by atoms with E-state index in [0.29, 0.717) is 11.3 Å². The van der Waals surface area contributed by atoms with E-state index in [0.717, 1.165) is 0 Å². The van der Waals surface area contributed by atoms with E-state index in [1.807, 2.05) is 0 Å². The van der Waals surface area contributed by atoms with E-state index < -0.39 is 5.41 Å². The second-order valence-electron chi connectivity index (χ2n) is 3.47. The third kappa shape index (κ3) is 1.78. The molecule has 0 spiro atoms. The number of halogens is 1. The quantitative estimate of drug-likeness (QED) is 0.670. The lowest BCUT2D eigenvalue weighted by molar-refractivity contribution is 0.614. The van der Waals surface area contributed by atoms with Gasteiger partial charge in [-0.05, 0) is 37.6 Å². The maximum Gasteiger partial charge on any atom is 0.123 e. The van der Waals surface area contributed by atoms with Crippen LogP contribution >= 0.6 is 0 Å². The number of hydrogen-bond acceptors (Lipinski definition) is 2. The minimum absolute atomic E-state index is 0.368. The Bertz CT molecular complexity index is 364. The van der Waals surface area contributed by atoms with Crippen molar-refractivity contribution in [3.05, 3.63) is 29.6 Å². The summed E-state index contributed by atoms with van der Waals surface area (Å²) in [6, 6.07) is 6.14. The molecule has 0 amide bonds. The number of rotatable bonds is 1. The summed E-state index contributed by atoms with van der Waals surface area (Å²) in [5.41, 5.74) is 5.88. The van der Waals surface area contributed by atoms with E-state index in [-0.39, 0.29) is 5.82 Å². The van der Waals surface area contributed by atoms with Gasteiger partial charge in [0.1, 0.15) is 5.82 Å². The zero-order valence-corrected chi connectivity index (χ0v) is 7.63. The molecular formula is C10H11FN2. The summed E-state index contributed by atoms with van der Waals surface area (Å²) in [7, 11) is 0. The van der Waals surface area contributed by atoms with Gasteiger partial charge >= 0.3 is 0 Å². The molecule has 0 bridgehead atoms. The summed E-state index contributed by atoms with van der Waals surface area (Å²) in [5, 5.41) is 8.83. The van der Waals surface area contributed by atoms with Crippen molar-refractivity contribution < 1.29 is 4.39 Å². The molecule has 0 fully saturated rings. The minimum atomic E-state index is -0.744. The molecule has 1 rings (SSSR count). The van der Waals surface area contributed by atoms with E-state index in [1.165, 1.54) is 18.2 Å². The van der Waals surface area contributed by atoms with Crippen molar-refractivity contribution in [2.45, 2.75) is 19.3 Å². The molecule has 13 heavy (non-hydrogen) atoms. The van der Waals surface area contributed by atoms with Crippen LogP contribution in [0.2, 0.25) is 0 Å². The fourth-order valence-electron chi connectivity index (χ4n) is 1.13. The van der Waals surface area contributed by atoms with Gasteiger partial charge in [0.2, 0.25) is 0 Å².